The van der Waals surface area contributed by atoms with Crippen LogP contribution in [0.4, 0.5) is 30.7 Å². The fraction of sp³-hybridized carbons (Fsp3) is 0.917. The van der Waals surface area contributed by atoms with E-state index < -0.39 is 42.1 Å². The fourth-order valence-electron chi connectivity index (χ4n) is 1.57. The van der Waals surface area contributed by atoms with Crippen molar-refractivity contribution in [3.05, 3.63) is 0 Å². The zero-order valence-electron chi connectivity index (χ0n) is 11.9. The van der Waals surface area contributed by atoms with Crippen molar-refractivity contribution in [3.8, 4) is 0 Å². The Bertz CT molecular complexity index is 369. The quantitative estimate of drug-likeness (QED) is 0.474. The van der Waals surface area contributed by atoms with Gasteiger partial charge in [-0.2, -0.15) is 30.7 Å². The van der Waals surface area contributed by atoms with Crippen LogP contribution in [0.5, 0.6) is 0 Å². The molecular formula is C12H17F7O2S. The first kappa shape index (κ1) is 21.3. The Kier molecular flexibility index (Phi) is 7.50. The summed E-state index contributed by atoms with van der Waals surface area (Å²) in [5, 5.41) is 8.08. The number of carboxylic acids is 1. The third-order valence-corrected chi connectivity index (χ3v) is 4.48. The lowest BCUT2D eigenvalue weighted by Gasteiger charge is -2.28. The van der Waals surface area contributed by atoms with E-state index >= 15 is 0 Å². The van der Waals surface area contributed by atoms with Gasteiger partial charge in [0.05, 0.1) is 0 Å². The van der Waals surface area contributed by atoms with Crippen LogP contribution in [-0.4, -0.2) is 40.1 Å². The van der Waals surface area contributed by atoms with Crippen molar-refractivity contribution >= 4 is 17.7 Å². The second kappa shape index (κ2) is 7.74. The highest BCUT2D eigenvalue weighted by Gasteiger charge is 2.72. The van der Waals surface area contributed by atoms with Gasteiger partial charge in [0.2, 0.25) is 0 Å². The molecule has 0 aliphatic heterocycles. The fourth-order valence-corrected chi connectivity index (χ4v) is 2.72. The first-order valence-electron chi connectivity index (χ1n) is 6.41. The maximum absolute atomic E-state index is 13.0. The third kappa shape index (κ3) is 5.51. The van der Waals surface area contributed by atoms with Crippen molar-refractivity contribution in [3.63, 3.8) is 0 Å². The molecule has 1 N–H and O–H groups in total. The molecule has 22 heavy (non-hydrogen) atoms. The molecule has 0 amide bonds. The van der Waals surface area contributed by atoms with E-state index in [0.29, 0.717) is 0 Å². The van der Waals surface area contributed by atoms with E-state index in [9.17, 15) is 35.5 Å². The number of carboxylic acid groups (broad SMARTS) is 1. The van der Waals surface area contributed by atoms with Crippen molar-refractivity contribution in [2.45, 2.75) is 56.4 Å². The van der Waals surface area contributed by atoms with Crippen LogP contribution in [0.2, 0.25) is 0 Å². The Morgan fingerprint density at radius 3 is 1.91 bits per heavy atom. The first-order valence-corrected chi connectivity index (χ1v) is 7.45. The van der Waals surface area contributed by atoms with Gasteiger partial charge in [-0.05, 0) is 24.5 Å². The van der Waals surface area contributed by atoms with Crippen LogP contribution in [0.25, 0.3) is 0 Å². The molecule has 0 aromatic rings. The van der Waals surface area contributed by atoms with Crippen LogP contribution in [-0.2, 0) is 4.79 Å². The lowest BCUT2D eigenvalue weighted by atomic mass is 10.0. The summed E-state index contributed by atoms with van der Waals surface area (Å²) >= 11 is 0.947. The Labute approximate surface area is 127 Å². The molecule has 0 bridgehead atoms. The Morgan fingerprint density at radius 2 is 1.55 bits per heavy atom. The number of thioether (sulfide) groups is 1. The molecule has 10 heteroatoms. The van der Waals surface area contributed by atoms with Gasteiger partial charge in [0, 0.05) is 6.42 Å². The standard InChI is InChI=1S/C12H17F7O2S/c1-7(2)8(9(20)21)22-6-4-3-5-10(13,14)11(15,16)12(17,18)19/h7-8H,3-6H2,1-2H3,(H,20,21). The van der Waals surface area contributed by atoms with Gasteiger partial charge in [0.15, 0.2) is 0 Å². The molecule has 0 fully saturated rings. The molecule has 0 rings (SSSR count). The van der Waals surface area contributed by atoms with E-state index in [1.54, 1.807) is 13.8 Å². The van der Waals surface area contributed by atoms with Gasteiger partial charge in [0.25, 0.3) is 0 Å². The lowest BCUT2D eigenvalue weighted by Crippen LogP contribution is -2.51. The minimum atomic E-state index is -6.31. The van der Waals surface area contributed by atoms with E-state index in [1.165, 1.54) is 0 Å². The molecule has 1 unspecified atom stereocenters. The van der Waals surface area contributed by atoms with Crippen molar-refractivity contribution in [2.24, 2.45) is 5.92 Å². The summed E-state index contributed by atoms with van der Waals surface area (Å²) in [6.45, 7) is 3.29. The maximum Gasteiger partial charge on any atom is 0.459 e. The highest BCUT2D eigenvalue weighted by Crippen LogP contribution is 2.48. The van der Waals surface area contributed by atoms with Gasteiger partial charge in [-0.3, -0.25) is 4.79 Å². The molecule has 0 aromatic heterocycles. The average molecular weight is 358 g/mol. The van der Waals surface area contributed by atoms with Gasteiger partial charge < -0.3 is 5.11 Å². The number of carbonyl (C=O) groups is 1. The number of unbranched alkanes of at least 4 members (excludes halogenated alkanes) is 1. The molecular weight excluding hydrogens is 341 g/mol. The van der Waals surface area contributed by atoms with Crippen LogP contribution in [0.3, 0.4) is 0 Å². The van der Waals surface area contributed by atoms with Gasteiger partial charge in [0.1, 0.15) is 5.25 Å². The first-order chi connectivity index (χ1) is 9.74. The van der Waals surface area contributed by atoms with Gasteiger partial charge in [-0.25, -0.2) is 0 Å². The van der Waals surface area contributed by atoms with E-state index in [0.717, 1.165) is 11.8 Å². The topological polar surface area (TPSA) is 37.3 Å². The monoisotopic (exact) mass is 358 g/mol. The largest absolute Gasteiger partial charge is 0.480 e. The van der Waals surface area contributed by atoms with Crippen molar-refractivity contribution in [2.75, 3.05) is 5.75 Å². The molecule has 1 atom stereocenters. The summed E-state index contributed by atoms with van der Waals surface area (Å²) in [5.41, 5.74) is 0. The summed E-state index contributed by atoms with van der Waals surface area (Å²) in [7, 11) is 0. The third-order valence-electron chi connectivity index (χ3n) is 2.85. The summed E-state index contributed by atoms with van der Waals surface area (Å²) < 4.78 is 86.8. The molecule has 0 aliphatic carbocycles. The van der Waals surface area contributed by atoms with E-state index in [-0.39, 0.29) is 18.1 Å². The number of alkyl halides is 7. The summed E-state index contributed by atoms with van der Waals surface area (Å²) in [5.74, 6) is -12.5. The Balaban J connectivity index is 4.34. The van der Waals surface area contributed by atoms with Crippen molar-refractivity contribution in [1.82, 2.24) is 0 Å². The molecule has 0 heterocycles. The number of hydrogen-bond donors (Lipinski definition) is 1. The van der Waals surface area contributed by atoms with Gasteiger partial charge in [-0.15, -0.1) is 11.8 Å². The zero-order chi connectivity index (χ0) is 17.8. The summed E-state index contributed by atoms with van der Waals surface area (Å²) in [4.78, 5) is 10.8. The van der Waals surface area contributed by atoms with Crippen LogP contribution in [0.1, 0.15) is 33.1 Å². The highest BCUT2D eigenvalue weighted by molar-refractivity contribution is 8.00. The second-order valence-corrected chi connectivity index (χ2v) is 6.36. The summed E-state index contributed by atoms with van der Waals surface area (Å²) in [6.07, 6.45) is -8.56. The van der Waals surface area contributed by atoms with Crippen LogP contribution < -0.4 is 0 Å². The normalized spacial score (nSPS) is 15.2. The van der Waals surface area contributed by atoms with Gasteiger partial charge >= 0.3 is 24.0 Å². The Morgan fingerprint density at radius 1 is 1.05 bits per heavy atom. The molecule has 2 nitrogen and oxygen atoms in total. The molecule has 132 valence electrons. The molecule has 0 aromatic carbocycles. The lowest BCUT2D eigenvalue weighted by molar-refractivity contribution is -0.355. The minimum absolute atomic E-state index is 0.0787. The number of aliphatic carboxylic acids is 1. The zero-order valence-corrected chi connectivity index (χ0v) is 12.7. The van der Waals surface area contributed by atoms with Crippen molar-refractivity contribution in [1.29, 1.82) is 0 Å². The Hall–Kier alpha value is -0.670. The predicted octanol–water partition coefficient (Wildman–Crippen LogP) is 4.83. The predicted molar refractivity (Wildman–Crippen MR) is 68.5 cm³/mol. The second-order valence-electron chi connectivity index (χ2n) is 5.11. The summed E-state index contributed by atoms with van der Waals surface area (Å²) in [6, 6.07) is 0. The van der Waals surface area contributed by atoms with Gasteiger partial charge in [-0.1, -0.05) is 13.8 Å². The smallest absolute Gasteiger partial charge is 0.459 e. The molecule has 0 aliphatic rings. The highest BCUT2D eigenvalue weighted by atomic mass is 32.2. The molecule has 0 saturated heterocycles. The SMILES string of the molecule is CC(C)C(SCCCCC(F)(F)C(F)(F)C(F)(F)F)C(=O)O. The molecule has 0 saturated carbocycles. The van der Waals surface area contributed by atoms with E-state index in [1.807, 2.05) is 0 Å². The van der Waals surface area contributed by atoms with E-state index in [2.05, 4.69) is 0 Å². The van der Waals surface area contributed by atoms with Crippen LogP contribution in [0.15, 0.2) is 0 Å². The van der Waals surface area contributed by atoms with Crippen LogP contribution >= 0.6 is 11.8 Å². The number of rotatable bonds is 9. The molecule has 0 radical (unpaired) electrons. The minimum Gasteiger partial charge on any atom is -0.480 e. The number of hydrogen-bond acceptors (Lipinski definition) is 2. The average Bonchev–Trinajstić information content (AvgIpc) is 2.30. The maximum atomic E-state index is 13.0. The van der Waals surface area contributed by atoms with Crippen LogP contribution in [0, 0.1) is 5.92 Å². The van der Waals surface area contributed by atoms with Crippen molar-refractivity contribution < 1.29 is 40.6 Å². The van der Waals surface area contributed by atoms with E-state index in [4.69, 9.17) is 5.11 Å². The molecule has 0 spiro atoms. The number of halogens is 7.